The van der Waals surface area contributed by atoms with Gasteiger partial charge < -0.3 is 18.5 Å². The van der Waals surface area contributed by atoms with Crippen molar-refractivity contribution in [3.63, 3.8) is 0 Å². The second-order valence-electron chi connectivity index (χ2n) is 7.08. The molecular formula is C25H27ClNO6P. The molecule has 0 aromatic heterocycles. The molecule has 0 aliphatic heterocycles. The Morgan fingerprint density at radius 2 is 1.53 bits per heavy atom. The van der Waals surface area contributed by atoms with Crippen LogP contribution in [0.4, 0.5) is 10.5 Å². The van der Waals surface area contributed by atoms with Crippen molar-refractivity contribution in [1.82, 2.24) is 0 Å². The Hall–Kier alpha value is -2.83. The molecule has 1 N–H and O–H groups in total. The SMILES string of the molecule is CCOP(=O)(OCC)C(OC(=O)Nc1ccccc1)c1ccccc1OCc1ccc(Cl)cc1. The highest BCUT2D eigenvalue weighted by Crippen LogP contribution is 2.62. The van der Waals surface area contributed by atoms with Crippen molar-refractivity contribution >= 4 is 31.0 Å². The van der Waals surface area contributed by atoms with Gasteiger partial charge in [-0.25, -0.2) is 4.79 Å². The van der Waals surface area contributed by atoms with Gasteiger partial charge in [0.1, 0.15) is 12.4 Å². The van der Waals surface area contributed by atoms with E-state index in [0.717, 1.165) is 5.56 Å². The summed E-state index contributed by atoms with van der Waals surface area (Å²) in [6.07, 6.45) is -0.802. The number of rotatable bonds is 11. The van der Waals surface area contributed by atoms with E-state index in [1.54, 1.807) is 74.5 Å². The molecular weight excluding hydrogens is 477 g/mol. The number of nitrogens with one attached hydrogen (secondary N) is 1. The van der Waals surface area contributed by atoms with Crippen LogP contribution in [-0.2, 0) is 25.0 Å². The van der Waals surface area contributed by atoms with Crippen molar-refractivity contribution in [2.24, 2.45) is 0 Å². The maximum Gasteiger partial charge on any atom is 0.412 e. The summed E-state index contributed by atoms with van der Waals surface area (Å²) in [6, 6.07) is 22.9. The van der Waals surface area contributed by atoms with Crippen molar-refractivity contribution in [2.45, 2.75) is 26.3 Å². The molecule has 34 heavy (non-hydrogen) atoms. The lowest BCUT2D eigenvalue weighted by molar-refractivity contribution is 0.111. The molecule has 0 spiro atoms. The summed E-state index contributed by atoms with van der Waals surface area (Å²) >= 11 is 5.96. The highest BCUT2D eigenvalue weighted by atomic mass is 35.5. The molecule has 1 amide bonds. The number of anilines is 1. The summed E-state index contributed by atoms with van der Waals surface area (Å²) < 4.78 is 36.5. The van der Waals surface area contributed by atoms with Gasteiger partial charge in [0.25, 0.3) is 0 Å². The summed E-state index contributed by atoms with van der Waals surface area (Å²) in [7, 11) is -3.92. The number of halogens is 1. The molecule has 7 nitrogen and oxygen atoms in total. The van der Waals surface area contributed by atoms with E-state index < -0.39 is 19.5 Å². The van der Waals surface area contributed by atoms with Crippen molar-refractivity contribution in [1.29, 1.82) is 0 Å². The normalized spacial score (nSPS) is 12.1. The molecule has 0 heterocycles. The Balaban J connectivity index is 1.91. The minimum absolute atomic E-state index is 0.102. The summed E-state index contributed by atoms with van der Waals surface area (Å²) in [5, 5.41) is 3.26. The first-order valence-electron chi connectivity index (χ1n) is 10.8. The number of carbonyl (C=O) groups excluding carboxylic acids is 1. The van der Waals surface area contributed by atoms with Gasteiger partial charge in [0.2, 0.25) is 5.85 Å². The van der Waals surface area contributed by atoms with Gasteiger partial charge in [0.05, 0.1) is 13.2 Å². The number of carbonyl (C=O) groups is 1. The van der Waals surface area contributed by atoms with E-state index in [1.165, 1.54) is 0 Å². The van der Waals surface area contributed by atoms with Crippen LogP contribution in [0.5, 0.6) is 5.75 Å². The Bertz CT molecular complexity index is 1100. The minimum Gasteiger partial charge on any atom is -0.488 e. The smallest absolute Gasteiger partial charge is 0.412 e. The molecule has 0 saturated heterocycles. The Morgan fingerprint density at radius 1 is 0.912 bits per heavy atom. The number of ether oxygens (including phenoxy) is 2. The maximum absolute atomic E-state index is 13.7. The highest BCUT2D eigenvalue weighted by molar-refractivity contribution is 7.54. The number of para-hydroxylation sites is 2. The quantitative estimate of drug-likeness (QED) is 0.274. The lowest BCUT2D eigenvalue weighted by Crippen LogP contribution is -2.20. The van der Waals surface area contributed by atoms with Gasteiger partial charge in [0.15, 0.2) is 0 Å². The monoisotopic (exact) mass is 503 g/mol. The molecule has 0 aliphatic carbocycles. The molecule has 1 unspecified atom stereocenters. The fourth-order valence-corrected chi connectivity index (χ4v) is 5.13. The first kappa shape index (κ1) is 25.8. The molecule has 0 aliphatic rings. The standard InChI is InChI=1S/C25H27ClNO6P/c1-3-31-34(29,32-4-2)24(33-25(28)27-21-10-6-5-7-11-21)22-12-8-9-13-23(22)30-18-19-14-16-20(26)17-15-19/h5-17,24H,3-4,18H2,1-2H3,(H,27,28). The van der Waals surface area contributed by atoms with Crippen LogP contribution in [0.15, 0.2) is 78.9 Å². The molecule has 3 aromatic carbocycles. The van der Waals surface area contributed by atoms with Gasteiger partial charge in [-0.2, -0.15) is 0 Å². The van der Waals surface area contributed by atoms with Crippen LogP contribution in [0, 0.1) is 0 Å². The number of benzene rings is 3. The van der Waals surface area contributed by atoms with E-state index in [4.69, 9.17) is 30.1 Å². The second kappa shape index (κ2) is 12.6. The third kappa shape index (κ3) is 7.08. The van der Waals surface area contributed by atoms with Crippen molar-refractivity contribution in [3.05, 3.63) is 95.0 Å². The van der Waals surface area contributed by atoms with Crippen LogP contribution in [-0.4, -0.2) is 19.3 Å². The Kier molecular flexibility index (Phi) is 9.54. The van der Waals surface area contributed by atoms with E-state index in [-0.39, 0.29) is 19.8 Å². The van der Waals surface area contributed by atoms with Gasteiger partial charge in [-0.05, 0) is 49.7 Å². The van der Waals surface area contributed by atoms with E-state index in [9.17, 15) is 9.36 Å². The van der Waals surface area contributed by atoms with Crippen LogP contribution in [0.1, 0.15) is 30.8 Å². The summed E-state index contributed by atoms with van der Waals surface area (Å²) in [5.41, 5.74) is 1.78. The van der Waals surface area contributed by atoms with Gasteiger partial charge in [0, 0.05) is 16.3 Å². The number of hydrogen-bond donors (Lipinski definition) is 1. The average molecular weight is 504 g/mol. The molecule has 1 atom stereocenters. The Labute approximate surface area is 204 Å². The average Bonchev–Trinajstić information content (AvgIpc) is 2.83. The molecule has 3 rings (SSSR count). The van der Waals surface area contributed by atoms with E-state index >= 15 is 0 Å². The summed E-state index contributed by atoms with van der Waals surface area (Å²) in [5.74, 6) is -0.966. The van der Waals surface area contributed by atoms with E-state index in [2.05, 4.69) is 5.32 Å². The van der Waals surface area contributed by atoms with E-state index in [0.29, 0.717) is 22.0 Å². The maximum atomic E-state index is 13.7. The van der Waals surface area contributed by atoms with E-state index in [1.807, 2.05) is 18.2 Å². The van der Waals surface area contributed by atoms with Crippen LogP contribution < -0.4 is 10.1 Å². The van der Waals surface area contributed by atoms with Crippen molar-refractivity contribution in [3.8, 4) is 5.75 Å². The zero-order valence-corrected chi connectivity index (χ0v) is 20.6. The molecule has 3 aromatic rings. The largest absolute Gasteiger partial charge is 0.488 e. The lowest BCUT2D eigenvalue weighted by atomic mass is 10.2. The van der Waals surface area contributed by atoms with Crippen LogP contribution >= 0.6 is 19.2 Å². The third-order valence-corrected chi connectivity index (χ3v) is 7.08. The second-order valence-corrected chi connectivity index (χ2v) is 9.58. The molecule has 0 bridgehead atoms. The Morgan fingerprint density at radius 3 is 2.18 bits per heavy atom. The molecule has 0 radical (unpaired) electrons. The van der Waals surface area contributed by atoms with Crippen LogP contribution in [0.25, 0.3) is 0 Å². The molecule has 0 saturated carbocycles. The van der Waals surface area contributed by atoms with Crippen molar-refractivity contribution in [2.75, 3.05) is 18.5 Å². The third-order valence-electron chi connectivity index (χ3n) is 4.64. The zero-order chi connectivity index (χ0) is 24.4. The van der Waals surface area contributed by atoms with Gasteiger partial charge in [-0.3, -0.25) is 9.88 Å². The van der Waals surface area contributed by atoms with Gasteiger partial charge in [-0.1, -0.05) is 60.1 Å². The number of amides is 1. The predicted octanol–water partition coefficient (Wildman–Crippen LogP) is 7.43. The lowest BCUT2D eigenvalue weighted by Gasteiger charge is -2.27. The fourth-order valence-electron chi connectivity index (χ4n) is 3.16. The predicted molar refractivity (Wildman–Crippen MR) is 132 cm³/mol. The van der Waals surface area contributed by atoms with Gasteiger partial charge >= 0.3 is 13.7 Å². The zero-order valence-electron chi connectivity index (χ0n) is 19.0. The van der Waals surface area contributed by atoms with Gasteiger partial charge in [-0.15, -0.1) is 0 Å². The molecule has 0 fully saturated rings. The molecule has 180 valence electrons. The summed E-state index contributed by atoms with van der Waals surface area (Å²) in [6.45, 7) is 3.81. The summed E-state index contributed by atoms with van der Waals surface area (Å²) in [4.78, 5) is 12.8. The van der Waals surface area contributed by atoms with Crippen LogP contribution in [0.2, 0.25) is 5.02 Å². The first-order valence-corrected chi connectivity index (χ1v) is 12.8. The fraction of sp³-hybridized carbons (Fsp3) is 0.240. The first-order chi connectivity index (χ1) is 16.4. The van der Waals surface area contributed by atoms with Crippen LogP contribution in [0.3, 0.4) is 0 Å². The molecule has 9 heteroatoms. The highest BCUT2D eigenvalue weighted by Gasteiger charge is 2.42. The minimum atomic E-state index is -3.92. The topological polar surface area (TPSA) is 83.1 Å². The van der Waals surface area contributed by atoms with Crippen molar-refractivity contribution < 1.29 is 27.9 Å². The number of hydrogen-bond acceptors (Lipinski definition) is 6.